The Hall–Kier alpha value is -3.33. The molecule has 3 aromatic carbocycles. The van der Waals surface area contributed by atoms with E-state index in [0.29, 0.717) is 30.5 Å². The molecular weight excluding hydrogens is 431 g/mol. The molecule has 3 rings (SSSR count). The molecule has 0 amide bonds. The van der Waals surface area contributed by atoms with E-state index in [0.717, 1.165) is 17.7 Å². The van der Waals surface area contributed by atoms with E-state index in [4.69, 9.17) is 0 Å². The van der Waals surface area contributed by atoms with Crippen LogP contribution in [0.3, 0.4) is 0 Å². The predicted molar refractivity (Wildman–Crippen MR) is 110 cm³/mol. The molecule has 0 unspecified atom stereocenters. The molecule has 0 heterocycles. The third-order valence-electron chi connectivity index (χ3n) is 4.63. The smallest absolute Gasteiger partial charge is 0.416 e. The van der Waals surface area contributed by atoms with Gasteiger partial charge in [0, 0.05) is 5.69 Å². The summed E-state index contributed by atoms with van der Waals surface area (Å²) in [6, 6.07) is 16.4. The van der Waals surface area contributed by atoms with Crippen LogP contribution in [0.5, 0.6) is 0 Å². The van der Waals surface area contributed by atoms with Gasteiger partial charge in [-0.1, -0.05) is 30.3 Å². The van der Waals surface area contributed by atoms with Gasteiger partial charge in [0.05, 0.1) is 16.0 Å². The molecule has 2 N–H and O–H groups in total. The van der Waals surface area contributed by atoms with Crippen molar-refractivity contribution in [3.05, 3.63) is 95.1 Å². The van der Waals surface area contributed by atoms with Crippen LogP contribution in [-0.4, -0.2) is 19.5 Å². The lowest BCUT2D eigenvalue weighted by atomic mass is 10.00. The number of hydrogen-bond acceptors (Lipinski definition) is 3. The van der Waals surface area contributed by atoms with Gasteiger partial charge in [0.25, 0.3) is 10.0 Å². The minimum absolute atomic E-state index is 0.239. The largest absolute Gasteiger partial charge is 0.478 e. The van der Waals surface area contributed by atoms with Gasteiger partial charge in [0.1, 0.15) is 0 Å². The van der Waals surface area contributed by atoms with Crippen LogP contribution in [0.15, 0.2) is 77.7 Å². The molecule has 0 saturated heterocycles. The zero-order chi connectivity index (χ0) is 22.6. The number of alkyl halides is 3. The van der Waals surface area contributed by atoms with Crippen molar-refractivity contribution in [2.45, 2.75) is 23.9 Å². The number of hydrogen-bond donors (Lipinski definition) is 2. The highest BCUT2D eigenvalue weighted by Crippen LogP contribution is 2.30. The Balaban J connectivity index is 1.67. The number of rotatable bonds is 7. The van der Waals surface area contributed by atoms with Gasteiger partial charge in [-0.25, -0.2) is 13.2 Å². The normalized spacial score (nSPS) is 11.8. The van der Waals surface area contributed by atoms with E-state index in [-0.39, 0.29) is 16.1 Å². The monoisotopic (exact) mass is 449 g/mol. The lowest BCUT2D eigenvalue weighted by molar-refractivity contribution is -0.137. The molecule has 3 aromatic rings. The molecule has 0 spiro atoms. The van der Waals surface area contributed by atoms with Gasteiger partial charge in [0.2, 0.25) is 0 Å². The zero-order valence-electron chi connectivity index (χ0n) is 16.1. The van der Waals surface area contributed by atoms with Gasteiger partial charge < -0.3 is 5.11 Å². The first-order valence-corrected chi connectivity index (χ1v) is 10.6. The second kappa shape index (κ2) is 8.81. The summed E-state index contributed by atoms with van der Waals surface area (Å²) in [4.78, 5) is 11.0. The Morgan fingerprint density at radius 3 is 2.06 bits per heavy atom. The molecule has 0 aromatic heterocycles. The van der Waals surface area contributed by atoms with Crippen LogP contribution in [0.4, 0.5) is 18.9 Å². The number of anilines is 1. The molecular formula is C22H18F3NO4S. The second-order valence-electron chi connectivity index (χ2n) is 6.79. The maximum atomic E-state index is 12.6. The fourth-order valence-electron chi connectivity index (χ4n) is 3.00. The standard InChI is InChI=1S/C22H18F3NO4S/c23-22(24,25)17-9-13-19(14-10-17)31(29,30)26-18-11-6-15(7-12-18)5-8-16-3-1-2-4-20(16)21(27)28/h1-4,6-7,9-14,26H,5,8H2,(H,27,28). The van der Waals surface area contributed by atoms with E-state index in [1.807, 2.05) is 0 Å². The molecule has 0 radical (unpaired) electrons. The van der Waals surface area contributed by atoms with Crippen molar-refractivity contribution in [3.63, 3.8) is 0 Å². The molecule has 0 aliphatic rings. The average molecular weight is 449 g/mol. The third-order valence-corrected chi connectivity index (χ3v) is 6.03. The molecule has 0 fully saturated rings. The highest BCUT2D eigenvalue weighted by Gasteiger charge is 2.30. The third kappa shape index (κ3) is 5.64. The van der Waals surface area contributed by atoms with Crippen LogP contribution < -0.4 is 4.72 Å². The Kier molecular flexibility index (Phi) is 6.35. The van der Waals surface area contributed by atoms with Gasteiger partial charge in [-0.05, 0) is 66.4 Å². The predicted octanol–water partition coefficient (Wildman–Crippen LogP) is 4.99. The van der Waals surface area contributed by atoms with E-state index < -0.39 is 27.7 Å². The maximum Gasteiger partial charge on any atom is 0.416 e. The zero-order valence-corrected chi connectivity index (χ0v) is 16.9. The van der Waals surface area contributed by atoms with Crippen LogP contribution in [-0.2, 0) is 29.0 Å². The lowest BCUT2D eigenvalue weighted by Gasteiger charge is -2.11. The fraction of sp³-hybridized carbons (Fsp3) is 0.136. The number of carboxylic acid groups (broad SMARTS) is 1. The molecule has 0 atom stereocenters. The maximum absolute atomic E-state index is 12.6. The lowest BCUT2D eigenvalue weighted by Crippen LogP contribution is -2.13. The highest BCUT2D eigenvalue weighted by atomic mass is 32.2. The molecule has 5 nitrogen and oxygen atoms in total. The van der Waals surface area contributed by atoms with Crippen molar-refractivity contribution >= 4 is 21.7 Å². The average Bonchev–Trinajstić information content (AvgIpc) is 2.72. The van der Waals surface area contributed by atoms with Crippen molar-refractivity contribution in [3.8, 4) is 0 Å². The van der Waals surface area contributed by atoms with Crippen molar-refractivity contribution in [2.24, 2.45) is 0 Å². The van der Waals surface area contributed by atoms with Crippen molar-refractivity contribution in [1.29, 1.82) is 0 Å². The Bertz CT molecular complexity index is 1170. The van der Waals surface area contributed by atoms with Gasteiger partial charge in [-0.15, -0.1) is 0 Å². The molecule has 0 bridgehead atoms. The molecule has 0 saturated carbocycles. The number of carbonyl (C=O) groups is 1. The van der Waals surface area contributed by atoms with Crippen molar-refractivity contribution in [1.82, 2.24) is 0 Å². The first-order chi connectivity index (χ1) is 14.6. The molecule has 0 aliphatic heterocycles. The molecule has 31 heavy (non-hydrogen) atoms. The number of halogens is 3. The van der Waals surface area contributed by atoms with E-state index in [1.165, 1.54) is 6.07 Å². The molecule has 0 aliphatic carbocycles. The van der Waals surface area contributed by atoms with E-state index in [9.17, 15) is 31.5 Å². The summed E-state index contributed by atoms with van der Waals surface area (Å²) >= 11 is 0. The van der Waals surface area contributed by atoms with Crippen LogP contribution in [0.2, 0.25) is 0 Å². The van der Waals surface area contributed by atoms with Crippen molar-refractivity contribution < 1.29 is 31.5 Å². The highest BCUT2D eigenvalue weighted by molar-refractivity contribution is 7.92. The summed E-state index contributed by atoms with van der Waals surface area (Å²) in [6.45, 7) is 0. The second-order valence-corrected chi connectivity index (χ2v) is 8.47. The summed E-state index contributed by atoms with van der Waals surface area (Å²) in [5, 5.41) is 9.24. The summed E-state index contributed by atoms with van der Waals surface area (Å²) in [5.74, 6) is -0.997. The number of carboxylic acids is 1. The molecule has 162 valence electrons. The minimum atomic E-state index is -4.55. The Morgan fingerprint density at radius 2 is 1.48 bits per heavy atom. The van der Waals surface area contributed by atoms with Gasteiger partial charge in [-0.3, -0.25) is 4.72 Å². The van der Waals surface area contributed by atoms with Gasteiger partial charge in [-0.2, -0.15) is 13.2 Å². The number of nitrogens with one attached hydrogen (secondary N) is 1. The van der Waals surface area contributed by atoms with E-state index in [1.54, 1.807) is 42.5 Å². The quantitative estimate of drug-likeness (QED) is 0.532. The first-order valence-electron chi connectivity index (χ1n) is 9.16. The van der Waals surface area contributed by atoms with Crippen LogP contribution in [0.1, 0.15) is 27.0 Å². The number of benzene rings is 3. The first kappa shape index (κ1) is 22.4. The van der Waals surface area contributed by atoms with Crippen molar-refractivity contribution in [2.75, 3.05) is 4.72 Å². The Labute approximate surface area is 177 Å². The SMILES string of the molecule is O=C(O)c1ccccc1CCc1ccc(NS(=O)(=O)c2ccc(C(F)(F)F)cc2)cc1. The minimum Gasteiger partial charge on any atom is -0.478 e. The van der Waals surface area contributed by atoms with Crippen LogP contribution in [0.25, 0.3) is 0 Å². The van der Waals surface area contributed by atoms with Crippen LogP contribution in [0, 0.1) is 0 Å². The number of aryl methyl sites for hydroxylation is 2. The van der Waals surface area contributed by atoms with Crippen LogP contribution >= 0.6 is 0 Å². The number of sulfonamides is 1. The summed E-state index contributed by atoms with van der Waals surface area (Å²) in [6.07, 6.45) is -3.49. The summed E-state index contributed by atoms with van der Waals surface area (Å²) in [5.41, 5.74) is 1.14. The summed E-state index contributed by atoms with van der Waals surface area (Å²) < 4.78 is 65.1. The van der Waals surface area contributed by atoms with Gasteiger partial charge >= 0.3 is 12.1 Å². The van der Waals surface area contributed by atoms with Gasteiger partial charge in [0.15, 0.2) is 0 Å². The summed E-state index contributed by atoms with van der Waals surface area (Å²) in [7, 11) is -4.04. The Morgan fingerprint density at radius 1 is 0.871 bits per heavy atom. The topological polar surface area (TPSA) is 83.5 Å². The fourth-order valence-corrected chi connectivity index (χ4v) is 4.06. The number of aromatic carboxylic acids is 1. The molecule has 9 heteroatoms. The van der Waals surface area contributed by atoms with E-state index >= 15 is 0 Å². The van der Waals surface area contributed by atoms with E-state index in [2.05, 4.69) is 4.72 Å².